The number of rotatable bonds is 6. The number of hydrogen-bond donors (Lipinski definition) is 0. The summed E-state index contributed by atoms with van der Waals surface area (Å²) in [6.07, 6.45) is 0.557. The van der Waals surface area contributed by atoms with Gasteiger partial charge in [0.05, 0.1) is 22.2 Å². The zero-order valence-electron chi connectivity index (χ0n) is 13.6. The van der Waals surface area contributed by atoms with Crippen molar-refractivity contribution in [2.24, 2.45) is 0 Å². The van der Waals surface area contributed by atoms with Crippen LogP contribution in [-0.4, -0.2) is 15.0 Å². The van der Waals surface area contributed by atoms with Gasteiger partial charge in [0, 0.05) is 18.0 Å². The fourth-order valence-corrected chi connectivity index (χ4v) is 4.00. The summed E-state index contributed by atoms with van der Waals surface area (Å²) in [6, 6.07) is 15.0. The lowest BCUT2D eigenvalue weighted by atomic mass is 10.2. The molecule has 0 aliphatic rings. The Labute approximate surface area is 152 Å². The maximum atomic E-state index is 13.1. The lowest BCUT2D eigenvalue weighted by molar-refractivity contribution is 0.589. The van der Waals surface area contributed by atoms with E-state index in [4.69, 9.17) is 16.9 Å². The van der Waals surface area contributed by atoms with Crippen LogP contribution >= 0.6 is 11.6 Å². The normalized spacial score (nSPS) is 10.7. The number of nitrogens with zero attached hydrogens (tertiary/aromatic N) is 3. The maximum Gasteiger partial charge on any atom is 0.264 e. The minimum Gasteiger partial charge on any atom is -0.265 e. The highest BCUT2D eigenvalue weighted by atomic mass is 35.5. The van der Waals surface area contributed by atoms with Gasteiger partial charge in [-0.2, -0.15) is 10.5 Å². The standard InChI is InChI=1S/C18H16ClN3O2S/c1-14-4-8-17(9-5-14)25(23,24)22(11-3-2-10-20)18-12-16(19)7-6-15(18)13-21/h4-9,12H,2-3,11H2,1H3. The highest BCUT2D eigenvalue weighted by Crippen LogP contribution is 2.30. The number of unbranched alkanes of at least 4 members (excludes halogenated alkanes) is 1. The van der Waals surface area contributed by atoms with E-state index in [1.807, 2.05) is 19.1 Å². The number of hydrogen-bond acceptors (Lipinski definition) is 4. The molecule has 2 aromatic carbocycles. The highest BCUT2D eigenvalue weighted by Gasteiger charge is 2.26. The van der Waals surface area contributed by atoms with E-state index < -0.39 is 10.0 Å². The SMILES string of the molecule is Cc1ccc(S(=O)(=O)N(CCCC#N)c2cc(Cl)ccc2C#N)cc1. The van der Waals surface area contributed by atoms with Crippen molar-refractivity contribution >= 4 is 27.3 Å². The molecule has 2 rings (SSSR count). The zero-order chi connectivity index (χ0) is 18.4. The third kappa shape index (κ3) is 4.30. The van der Waals surface area contributed by atoms with Gasteiger partial charge in [-0.1, -0.05) is 29.3 Å². The molecule has 0 saturated heterocycles. The van der Waals surface area contributed by atoms with Crippen LogP contribution in [0, 0.1) is 29.6 Å². The summed E-state index contributed by atoms with van der Waals surface area (Å²) in [5.41, 5.74) is 1.36. The minimum atomic E-state index is -3.89. The number of benzene rings is 2. The van der Waals surface area contributed by atoms with Crippen molar-refractivity contribution in [1.82, 2.24) is 0 Å². The second kappa shape index (κ2) is 8.02. The van der Waals surface area contributed by atoms with E-state index in [9.17, 15) is 13.7 Å². The summed E-state index contributed by atoms with van der Waals surface area (Å²) < 4.78 is 27.4. The molecule has 0 spiro atoms. The molecule has 0 radical (unpaired) electrons. The van der Waals surface area contributed by atoms with Crippen LogP contribution < -0.4 is 4.31 Å². The molecule has 0 aliphatic carbocycles. The predicted molar refractivity (Wildman–Crippen MR) is 96.7 cm³/mol. The summed E-state index contributed by atoms with van der Waals surface area (Å²) in [6.45, 7) is 1.95. The molecule has 0 aromatic heterocycles. The van der Waals surface area contributed by atoms with Gasteiger partial charge in [0.1, 0.15) is 6.07 Å². The van der Waals surface area contributed by atoms with Crippen molar-refractivity contribution < 1.29 is 8.42 Å². The fraction of sp³-hybridized carbons (Fsp3) is 0.222. The van der Waals surface area contributed by atoms with Gasteiger partial charge >= 0.3 is 0 Å². The molecule has 0 N–H and O–H groups in total. The van der Waals surface area contributed by atoms with Gasteiger partial charge in [0.15, 0.2) is 0 Å². The summed E-state index contributed by atoms with van der Waals surface area (Å²) >= 11 is 6.01. The van der Waals surface area contributed by atoms with Crippen LogP contribution in [0.2, 0.25) is 5.02 Å². The van der Waals surface area contributed by atoms with Gasteiger partial charge < -0.3 is 0 Å². The summed E-state index contributed by atoms with van der Waals surface area (Å²) in [5, 5.41) is 18.4. The van der Waals surface area contributed by atoms with Gasteiger partial charge in [-0.05, 0) is 43.7 Å². The first-order chi connectivity index (χ1) is 11.9. The lowest BCUT2D eigenvalue weighted by Crippen LogP contribution is -2.32. The van der Waals surface area contributed by atoms with E-state index in [1.165, 1.54) is 30.3 Å². The first kappa shape index (κ1) is 18.8. The van der Waals surface area contributed by atoms with Crippen LogP contribution in [0.5, 0.6) is 0 Å². The van der Waals surface area contributed by atoms with Crippen molar-refractivity contribution in [3.05, 3.63) is 58.6 Å². The number of halogens is 1. The second-order valence-corrected chi connectivity index (χ2v) is 7.72. The van der Waals surface area contributed by atoms with E-state index in [0.29, 0.717) is 11.4 Å². The molecule has 0 fully saturated rings. The average molecular weight is 374 g/mol. The van der Waals surface area contributed by atoms with Crippen LogP contribution in [0.4, 0.5) is 5.69 Å². The molecule has 7 heteroatoms. The van der Waals surface area contributed by atoms with Crippen LogP contribution in [0.3, 0.4) is 0 Å². The summed E-state index contributed by atoms with van der Waals surface area (Å²) in [5.74, 6) is 0. The largest absolute Gasteiger partial charge is 0.265 e. The van der Waals surface area contributed by atoms with E-state index in [-0.39, 0.29) is 29.1 Å². The average Bonchev–Trinajstić information content (AvgIpc) is 2.59. The molecule has 5 nitrogen and oxygen atoms in total. The Kier molecular flexibility index (Phi) is 6.03. The van der Waals surface area contributed by atoms with Crippen molar-refractivity contribution in [1.29, 1.82) is 10.5 Å². The zero-order valence-corrected chi connectivity index (χ0v) is 15.2. The Morgan fingerprint density at radius 2 is 1.80 bits per heavy atom. The first-order valence-electron chi connectivity index (χ1n) is 7.56. The predicted octanol–water partition coefficient (Wildman–Crippen LogP) is 4.02. The molecule has 0 heterocycles. The van der Waals surface area contributed by atoms with Gasteiger partial charge in [-0.15, -0.1) is 0 Å². The summed E-state index contributed by atoms with van der Waals surface area (Å²) in [7, 11) is -3.89. The smallest absolute Gasteiger partial charge is 0.264 e. The van der Waals surface area contributed by atoms with E-state index in [0.717, 1.165) is 9.87 Å². The number of aryl methyl sites for hydroxylation is 1. The molecule has 0 bridgehead atoms. The van der Waals surface area contributed by atoms with Crippen LogP contribution in [-0.2, 0) is 10.0 Å². The first-order valence-corrected chi connectivity index (χ1v) is 9.38. The Bertz CT molecular complexity index is 942. The molecule has 0 amide bonds. The third-order valence-electron chi connectivity index (χ3n) is 3.61. The summed E-state index contributed by atoms with van der Waals surface area (Å²) in [4.78, 5) is 0.124. The highest BCUT2D eigenvalue weighted by molar-refractivity contribution is 7.92. The molecule has 0 unspecified atom stereocenters. The molecular formula is C18H16ClN3O2S. The molecule has 25 heavy (non-hydrogen) atoms. The minimum absolute atomic E-state index is 0.0821. The third-order valence-corrected chi connectivity index (χ3v) is 5.67. The molecule has 0 atom stereocenters. The Morgan fingerprint density at radius 3 is 2.40 bits per heavy atom. The molecule has 0 saturated carbocycles. The number of anilines is 1. The Morgan fingerprint density at radius 1 is 1.12 bits per heavy atom. The fourth-order valence-electron chi connectivity index (χ4n) is 2.31. The Balaban J connectivity index is 2.57. The van der Waals surface area contributed by atoms with Crippen LogP contribution in [0.25, 0.3) is 0 Å². The van der Waals surface area contributed by atoms with Gasteiger partial charge in [-0.3, -0.25) is 4.31 Å². The van der Waals surface area contributed by atoms with Crippen molar-refractivity contribution in [3.8, 4) is 12.1 Å². The molecule has 0 aliphatic heterocycles. The monoisotopic (exact) mass is 373 g/mol. The van der Waals surface area contributed by atoms with E-state index in [1.54, 1.807) is 12.1 Å². The quantitative estimate of drug-likeness (QED) is 0.715. The molecule has 128 valence electrons. The number of nitriles is 2. The second-order valence-electron chi connectivity index (χ2n) is 5.43. The van der Waals surface area contributed by atoms with Crippen molar-refractivity contribution in [3.63, 3.8) is 0 Å². The molecular weight excluding hydrogens is 358 g/mol. The Hall–Kier alpha value is -2.54. The lowest BCUT2D eigenvalue weighted by Gasteiger charge is -2.25. The topological polar surface area (TPSA) is 85.0 Å². The van der Waals surface area contributed by atoms with Crippen molar-refractivity contribution in [2.45, 2.75) is 24.7 Å². The maximum absolute atomic E-state index is 13.1. The van der Waals surface area contributed by atoms with Gasteiger partial charge in [-0.25, -0.2) is 8.42 Å². The molecule has 2 aromatic rings. The van der Waals surface area contributed by atoms with Crippen molar-refractivity contribution in [2.75, 3.05) is 10.8 Å². The van der Waals surface area contributed by atoms with E-state index >= 15 is 0 Å². The van der Waals surface area contributed by atoms with Crippen LogP contribution in [0.1, 0.15) is 24.0 Å². The van der Waals surface area contributed by atoms with Gasteiger partial charge in [0.25, 0.3) is 10.0 Å². The van der Waals surface area contributed by atoms with Crippen LogP contribution in [0.15, 0.2) is 47.4 Å². The van der Waals surface area contributed by atoms with Gasteiger partial charge in [0.2, 0.25) is 0 Å². The number of sulfonamides is 1. The van der Waals surface area contributed by atoms with E-state index in [2.05, 4.69) is 0 Å².